The zero-order valence-electron chi connectivity index (χ0n) is 12.3. The van der Waals surface area contributed by atoms with E-state index in [-0.39, 0.29) is 11.9 Å². The minimum Gasteiger partial charge on any atom is -0.399 e. The number of carbonyl (C=O) groups excluding carboxylic acids is 1. The molecule has 0 aliphatic heterocycles. The third-order valence-corrected chi connectivity index (χ3v) is 2.96. The number of nitrogens with two attached hydrogens (primary N) is 2. The summed E-state index contributed by atoms with van der Waals surface area (Å²) in [6.45, 7) is 3.31. The molecule has 20 heavy (non-hydrogen) atoms. The first-order valence-corrected chi connectivity index (χ1v) is 6.44. The Morgan fingerprint density at radius 1 is 1.20 bits per heavy atom. The summed E-state index contributed by atoms with van der Waals surface area (Å²) in [6, 6.07) is 4.80. The second kappa shape index (κ2) is 7.72. The quantitative estimate of drug-likeness (QED) is 0.727. The highest BCUT2D eigenvalue weighted by molar-refractivity contribution is 5.96. The number of nitrogens with zero attached hydrogens (tertiary/aromatic N) is 1. The Morgan fingerprint density at radius 2 is 1.80 bits per heavy atom. The van der Waals surface area contributed by atoms with E-state index in [1.807, 2.05) is 6.92 Å². The first kappa shape index (κ1) is 16.3. The molecule has 0 saturated carbocycles. The van der Waals surface area contributed by atoms with Gasteiger partial charge in [-0.1, -0.05) is 0 Å². The van der Waals surface area contributed by atoms with Crippen LogP contribution in [-0.4, -0.2) is 50.8 Å². The maximum atomic E-state index is 12.6. The molecule has 112 valence electrons. The van der Waals surface area contributed by atoms with Gasteiger partial charge in [-0.2, -0.15) is 0 Å². The molecule has 1 atom stereocenters. The molecular formula is C14H23N3O3. The van der Waals surface area contributed by atoms with E-state index in [4.69, 9.17) is 20.9 Å². The summed E-state index contributed by atoms with van der Waals surface area (Å²) in [4.78, 5) is 14.3. The van der Waals surface area contributed by atoms with Gasteiger partial charge < -0.3 is 25.8 Å². The Balaban J connectivity index is 2.96. The molecule has 6 heteroatoms. The lowest BCUT2D eigenvalue weighted by Gasteiger charge is -2.29. The van der Waals surface area contributed by atoms with Crippen molar-refractivity contribution in [1.29, 1.82) is 0 Å². The molecule has 1 unspecified atom stereocenters. The number of nitrogen functional groups attached to an aromatic ring is 2. The summed E-state index contributed by atoms with van der Waals surface area (Å²) in [5.41, 5.74) is 12.9. The molecule has 0 aromatic heterocycles. The third kappa shape index (κ3) is 4.40. The molecule has 1 amide bonds. The van der Waals surface area contributed by atoms with Crippen molar-refractivity contribution in [3.8, 4) is 0 Å². The van der Waals surface area contributed by atoms with Crippen molar-refractivity contribution < 1.29 is 14.3 Å². The summed E-state index contributed by atoms with van der Waals surface area (Å²) in [7, 11) is 3.20. The SMILES string of the molecule is COCCN(C(=O)c1cc(N)cc(N)c1)C(C)COC. The van der Waals surface area contributed by atoms with Gasteiger partial charge in [-0.25, -0.2) is 0 Å². The van der Waals surface area contributed by atoms with Crippen molar-refractivity contribution in [2.24, 2.45) is 0 Å². The van der Waals surface area contributed by atoms with Crippen LogP contribution in [-0.2, 0) is 9.47 Å². The number of carbonyl (C=O) groups is 1. The lowest BCUT2D eigenvalue weighted by atomic mass is 10.1. The van der Waals surface area contributed by atoms with Crippen LogP contribution in [0.3, 0.4) is 0 Å². The molecule has 4 N–H and O–H groups in total. The minimum absolute atomic E-state index is 0.0645. The maximum absolute atomic E-state index is 12.6. The highest BCUT2D eigenvalue weighted by Gasteiger charge is 2.21. The van der Waals surface area contributed by atoms with Crippen molar-refractivity contribution in [3.63, 3.8) is 0 Å². The molecule has 0 aliphatic carbocycles. The molecule has 1 rings (SSSR count). The van der Waals surface area contributed by atoms with Crippen LogP contribution in [0.5, 0.6) is 0 Å². The van der Waals surface area contributed by atoms with Gasteiger partial charge in [-0.15, -0.1) is 0 Å². The molecule has 1 aromatic carbocycles. The molecule has 0 radical (unpaired) electrons. The zero-order valence-corrected chi connectivity index (χ0v) is 12.3. The monoisotopic (exact) mass is 281 g/mol. The van der Waals surface area contributed by atoms with Crippen molar-refractivity contribution in [3.05, 3.63) is 23.8 Å². The van der Waals surface area contributed by atoms with Gasteiger partial charge >= 0.3 is 0 Å². The summed E-state index contributed by atoms with van der Waals surface area (Å²) in [5, 5.41) is 0. The number of benzene rings is 1. The molecule has 0 saturated heterocycles. The summed E-state index contributed by atoms with van der Waals surface area (Å²) >= 11 is 0. The molecular weight excluding hydrogens is 258 g/mol. The smallest absolute Gasteiger partial charge is 0.254 e. The fraction of sp³-hybridized carbons (Fsp3) is 0.500. The van der Waals surface area contributed by atoms with Gasteiger partial charge in [0.1, 0.15) is 0 Å². The molecule has 1 aromatic rings. The van der Waals surface area contributed by atoms with E-state index < -0.39 is 0 Å². The summed E-state index contributed by atoms with van der Waals surface area (Å²) in [6.07, 6.45) is 0. The maximum Gasteiger partial charge on any atom is 0.254 e. The van der Waals surface area contributed by atoms with Crippen LogP contribution >= 0.6 is 0 Å². The summed E-state index contributed by atoms with van der Waals surface area (Å²) < 4.78 is 10.2. The van der Waals surface area contributed by atoms with Crippen LogP contribution in [0.15, 0.2) is 18.2 Å². The van der Waals surface area contributed by atoms with Gasteiger partial charge in [0.2, 0.25) is 0 Å². The average molecular weight is 281 g/mol. The van der Waals surface area contributed by atoms with Gasteiger partial charge in [-0.05, 0) is 25.1 Å². The predicted molar refractivity (Wildman–Crippen MR) is 79.5 cm³/mol. The molecule has 0 fully saturated rings. The van der Waals surface area contributed by atoms with E-state index in [1.165, 1.54) is 0 Å². The standard InChI is InChI=1S/C14H23N3O3/c1-10(9-20-3)17(4-5-19-2)14(18)11-6-12(15)8-13(16)7-11/h6-8,10H,4-5,9,15-16H2,1-3H3. The molecule has 0 heterocycles. The Hall–Kier alpha value is -1.79. The van der Waals surface area contributed by atoms with E-state index in [2.05, 4.69) is 0 Å². The normalized spacial score (nSPS) is 12.2. The molecule has 0 bridgehead atoms. The molecule has 6 nitrogen and oxygen atoms in total. The largest absolute Gasteiger partial charge is 0.399 e. The molecule has 0 spiro atoms. The number of ether oxygens (including phenoxy) is 2. The fourth-order valence-corrected chi connectivity index (χ4v) is 2.01. The van der Waals surface area contributed by atoms with E-state index in [9.17, 15) is 4.79 Å². The van der Waals surface area contributed by atoms with Crippen LogP contribution in [0.4, 0.5) is 11.4 Å². The Morgan fingerprint density at radius 3 is 2.30 bits per heavy atom. The highest BCUT2D eigenvalue weighted by atomic mass is 16.5. The van der Waals surface area contributed by atoms with Crippen LogP contribution in [0.2, 0.25) is 0 Å². The minimum atomic E-state index is -0.134. The number of methoxy groups -OCH3 is 2. The molecule has 0 aliphatic rings. The van der Waals surface area contributed by atoms with E-state index >= 15 is 0 Å². The fourth-order valence-electron chi connectivity index (χ4n) is 2.01. The van der Waals surface area contributed by atoms with Crippen LogP contribution in [0, 0.1) is 0 Å². The third-order valence-electron chi connectivity index (χ3n) is 2.96. The van der Waals surface area contributed by atoms with Crippen LogP contribution in [0.1, 0.15) is 17.3 Å². The van der Waals surface area contributed by atoms with Gasteiger partial charge in [0, 0.05) is 37.7 Å². The van der Waals surface area contributed by atoms with Gasteiger partial charge in [0.25, 0.3) is 5.91 Å². The van der Waals surface area contributed by atoms with E-state index in [1.54, 1.807) is 37.3 Å². The Bertz CT molecular complexity index is 431. The summed E-state index contributed by atoms with van der Waals surface area (Å²) in [5.74, 6) is -0.134. The Labute approximate surface area is 119 Å². The highest BCUT2D eigenvalue weighted by Crippen LogP contribution is 2.17. The second-order valence-electron chi connectivity index (χ2n) is 4.68. The van der Waals surface area contributed by atoms with E-state index in [0.717, 1.165) is 0 Å². The topological polar surface area (TPSA) is 90.8 Å². The van der Waals surface area contributed by atoms with Gasteiger partial charge in [0.15, 0.2) is 0 Å². The van der Waals surface area contributed by atoms with Crippen LogP contribution < -0.4 is 11.5 Å². The second-order valence-corrected chi connectivity index (χ2v) is 4.68. The first-order valence-electron chi connectivity index (χ1n) is 6.44. The Kier molecular flexibility index (Phi) is 6.27. The van der Waals surface area contributed by atoms with Gasteiger partial charge in [-0.3, -0.25) is 4.79 Å². The van der Waals surface area contributed by atoms with Crippen molar-refractivity contribution in [1.82, 2.24) is 4.90 Å². The number of hydrogen-bond acceptors (Lipinski definition) is 5. The predicted octanol–water partition coefficient (Wildman–Crippen LogP) is 0.974. The number of rotatable bonds is 7. The van der Waals surface area contributed by atoms with Crippen molar-refractivity contribution in [2.45, 2.75) is 13.0 Å². The van der Waals surface area contributed by atoms with Crippen molar-refractivity contribution in [2.75, 3.05) is 45.4 Å². The lowest BCUT2D eigenvalue weighted by Crippen LogP contribution is -2.43. The average Bonchev–Trinajstić information content (AvgIpc) is 2.38. The number of amides is 1. The van der Waals surface area contributed by atoms with Crippen molar-refractivity contribution >= 4 is 17.3 Å². The number of anilines is 2. The van der Waals surface area contributed by atoms with Crippen LogP contribution in [0.25, 0.3) is 0 Å². The zero-order chi connectivity index (χ0) is 15.1. The van der Waals surface area contributed by atoms with E-state index in [0.29, 0.717) is 36.7 Å². The lowest BCUT2D eigenvalue weighted by molar-refractivity contribution is 0.0479. The first-order chi connectivity index (χ1) is 9.49. The van der Waals surface area contributed by atoms with Gasteiger partial charge in [0.05, 0.1) is 19.3 Å². The number of hydrogen-bond donors (Lipinski definition) is 2.